The average molecular weight is 227 g/mol. The van der Waals surface area contributed by atoms with Gasteiger partial charge in [-0.15, -0.1) is 5.10 Å². The van der Waals surface area contributed by atoms with Gasteiger partial charge >= 0.3 is 0 Å². The maximum atomic E-state index is 12.0. The van der Waals surface area contributed by atoms with E-state index in [1.165, 1.54) is 0 Å². The minimum atomic E-state index is -0.00144. The number of carbonyl (C=O) groups is 1. The third kappa shape index (κ3) is 2.00. The number of hydrogen-bond donors (Lipinski definition) is 1. The van der Waals surface area contributed by atoms with E-state index in [0.29, 0.717) is 17.1 Å². The summed E-state index contributed by atoms with van der Waals surface area (Å²) in [5, 5.41) is 12.8. The van der Waals surface area contributed by atoms with E-state index in [1.807, 2.05) is 0 Å². The third-order valence-electron chi connectivity index (χ3n) is 2.68. The lowest BCUT2D eigenvalue weighted by Crippen LogP contribution is -2.29. The molecule has 15 heavy (non-hydrogen) atoms. The Balaban J connectivity index is 2.07. The van der Waals surface area contributed by atoms with Crippen LogP contribution in [-0.4, -0.2) is 45.2 Å². The molecule has 2 heterocycles. The monoisotopic (exact) mass is 227 g/mol. The van der Waals surface area contributed by atoms with E-state index in [-0.39, 0.29) is 18.4 Å². The Morgan fingerprint density at radius 2 is 2.53 bits per heavy atom. The maximum Gasteiger partial charge on any atom is 0.267 e. The molecule has 0 saturated carbocycles. The zero-order valence-electron chi connectivity index (χ0n) is 8.51. The van der Waals surface area contributed by atoms with E-state index in [4.69, 9.17) is 5.11 Å². The van der Waals surface area contributed by atoms with E-state index >= 15 is 0 Å². The van der Waals surface area contributed by atoms with Crippen LogP contribution >= 0.6 is 11.5 Å². The number of carbonyl (C=O) groups excluding carboxylic acids is 1. The van der Waals surface area contributed by atoms with Crippen LogP contribution in [0.3, 0.4) is 0 Å². The quantitative estimate of drug-likeness (QED) is 0.789. The van der Waals surface area contributed by atoms with Crippen molar-refractivity contribution in [3.05, 3.63) is 10.6 Å². The van der Waals surface area contributed by atoms with Gasteiger partial charge in [0, 0.05) is 25.6 Å². The summed E-state index contributed by atoms with van der Waals surface area (Å²) >= 11 is 1.14. The lowest BCUT2D eigenvalue weighted by Gasteiger charge is -2.14. The van der Waals surface area contributed by atoms with Gasteiger partial charge in [0.1, 0.15) is 4.88 Å². The van der Waals surface area contributed by atoms with Crippen LogP contribution in [-0.2, 0) is 0 Å². The molecule has 0 unspecified atom stereocenters. The van der Waals surface area contributed by atoms with Crippen LogP contribution in [0, 0.1) is 12.8 Å². The molecule has 0 radical (unpaired) electrons. The molecule has 2 rings (SSSR count). The SMILES string of the molecule is Cc1nnsc1C(=O)N1CC[C@H](CO)C1. The van der Waals surface area contributed by atoms with E-state index in [1.54, 1.807) is 11.8 Å². The summed E-state index contributed by atoms with van der Waals surface area (Å²) in [4.78, 5) is 14.4. The van der Waals surface area contributed by atoms with E-state index < -0.39 is 0 Å². The molecule has 1 N–H and O–H groups in total. The third-order valence-corrected chi connectivity index (χ3v) is 3.49. The van der Waals surface area contributed by atoms with Gasteiger partial charge in [0.25, 0.3) is 5.91 Å². The molecule has 0 bridgehead atoms. The molecular formula is C9H13N3O2S. The topological polar surface area (TPSA) is 66.3 Å². The Bertz CT molecular complexity index is 366. The van der Waals surface area contributed by atoms with Gasteiger partial charge in [-0.25, -0.2) is 0 Å². The highest BCUT2D eigenvalue weighted by Crippen LogP contribution is 2.20. The molecule has 1 amide bonds. The smallest absolute Gasteiger partial charge is 0.267 e. The molecule has 0 aliphatic carbocycles. The lowest BCUT2D eigenvalue weighted by molar-refractivity contribution is 0.0785. The minimum Gasteiger partial charge on any atom is -0.396 e. The largest absolute Gasteiger partial charge is 0.396 e. The number of amides is 1. The van der Waals surface area contributed by atoms with Crippen molar-refractivity contribution < 1.29 is 9.90 Å². The number of rotatable bonds is 2. The van der Waals surface area contributed by atoms with Crippen LogP contribution in [0.4, 0.5) is 0 Å². The maximum absolute atomic E-state index is 12.0. The van der Waals surface area contributed by atoms with Crippen LogP contribution in [0.5, 0.6) is 0 Å². The number of hydrogen-bond acceptors (Lipinski definition) is 5. The van der Waals surface area contributed by atoms with Gasteiger partial charge in [0.2, 0.25) is 0 Å². The Labute approximate surface area is 91.9 Å². The Morgan fingerprint density at radius 3 is 3.07 bits per heavy atom. The van der Waals surface area contributed by atoms with E-state index in [9.17, 15) is 4.79 Å². The molecule has 1 atom stereocenters. The Kier molecular flexibility index (Phi) is 2.97. The highest BCUT2D eigenvalue weighted by molar-refractivity contribution is 7.07. The van der Waals surface area contributed by atoms with Crippen molar-refractivity contribution in [2.75, 3.05) is 19.7 Å². The second kappa shape index (κ2) is 4.24. The number of aliphatic hydroxyl groups excluding tert-OH is 1. The molecule has 1 aromatic heterocycles. The van der Waals surface area contributed by atoms with Crippen LogP contribution in [0.25, 0.3) is 0 Å². The normalized spacial score (nSPS) is 20.9. The molecule has 6 heteroatoms. The molecule has 5 nitrogen and oxygen atoms in total. The molecule has 1 fully saturated rings. The second-order valence-electron chi connectivity index (χ2n) is 3.78. The van der Waals surface area contributed by atoms with Crippen molar-refractivity contribution in [3.63, 3.8) is 0 Å². The van der Waals surface area contributed by atoms with Crippen LogP contribution < -0.4 is 0 Å². The number of aromatic nitrogens is 2. The van der Waals surface area contributed by atoms with Crippen molar-refractivity contribution in [1.82, 2.24) is 14.5 Å². The summed E-state index contributed by atoms with van der Waals surface area (Å²) in [7, 11) is 0. The van der Waals surface area contributed by atoms with Gasteiger partial charge in [-0.2, -0.15) is 0 Å². The van der Waals surface area contributed by atoms with Crippen molar-refractivity contribution in [2.24, 2.45) is 5.92 Å². The summed E-state index contributed by atoms with van der Waals surface area (Å²) in [5.41, 5.74) is 0.692. The highest BCUT2D eigenvalue weighted by Gasteiger charge is 2.28. The first-order valence-corrected chi connectivity index (χ1v) is 5.68. The minimum absolute atomic E-state index is 0.00144. The van der Waals surface area contributed by atoms with Gasteiger partial charge in [0.05, 0.1) is 5.69 Å². The van der Waals surface area contributed by atoms with Crippen molar-refractivity contribution in [1.29, 1.82) is 0 Å². The van der Waals surface area contributed by atoms with E-state index in [2.05, 4.69) is 9.59 Å². The van der Waals surface area contributed by atoms with Crippen LogP contribution in [0.1, 0.15) is 21.8 Å². The standard InChI is InChI=1S/C9H13N3O2S/c1-6-8(15-11-10-6)9(14)12-3-2-7(4-12)5-13/h7,13H,2-5H2,1H3/t7-/m0/s1. The first-order chi connectivity index (χ1) is 7.22. The first kappa shape index (κ1) is 10.5. The molecule has 82 valence electrons. The zero-order chi connectivity index (χ0) is 10.8. The predicted molar refractivity (Wildman–Crippen MR) is 55.7 cm³/mol. The molecule has 0 spiro atoms. The molecular weight excluding hydrogens is 214 g/mol. The summed E-state index contributed by atoms with van der Waals surface area (Å²) in [6.45, 7) is 3.31. The number of likely N-dealkylation sites (tertiary alicyclic amines) is 1. The first-order valence-electron chi connectivity index (χ1n) is 4.91. The molecule has 1 aliphatic rings. The fraction of sp³-hybridized carbons (Fsp3) is 0.667. The van der Waals surface area contributed by atoms with Crippen LogP contribution in [0.2, 0.25) is 0 Å². The number of aryl methyl sites for hydroxylation is 1. The van der Waals surface area contributed by atoms with Crippen molar-refractivity contribution in [2.45, 2.75) is 13.3 Å². The number of aliphatic hydroxyl groups is 1. The molecule has 0 aromatic carbocycles. The second-order valence-corrected chi connectivity index (χ2v) is 4.53. The fourth-order valence-corrected chi connectivity index (χ4v) is 2.36. The summed E-state index contributed by atoms with van der Waals surface area (Å²) in [6, 6.07) is 0. The fourth-order valence-electron chi connectivity index (χ4n) is 1.74. The molecule has 1 aromatic rings. The van der Waals surface area contributed by atoms with Gasteiger partial charge in [-0.1, -0.05) is 4.49 Å². The molecule has 1 saturated heterocycles. The van der Waals surface area contributed by atoms with Gasteiger partial charge in [0.15, 0.2) is 0 Å². The Morgan fingerprint density at radius 1 is 1.73 bits per heavy atom. The average Bonchev–Trinajstić information content (AvgIpc) is 2.84. The van der Waals surface area contributed by atoms with Crippen LogP contribution in [0.15, 0.2) is 0 Å². The van der Waals surface area contributed by atoms with Crippen molar-refractivity contribution >= 4 is 17.4 Å². The van der Waals surface area contributed by atoms with Gasteiger partial charge in [-0.3, -0.25) is 4.79 Å². The molecule has 1 aliphatic heterocycles. The predicted octanol–water partition coefficient (Wildman–Crippen LogP) is 0.301. The van der Waals surface area contributed by atoms with Gasteiger partial charge in [-0.05, 0) is 24.9 Å². The summed E-state index contributed by atoms with van der Waals surface area (Å²) < 4.78 is 3.75. The number of nitrogens with zero attached hydrogens (tertiary/aromatic N) is 3. The van der Waals surface area contributed by atoms with Gasteiger partial charge < -0.3 is 10.0 Å². The Hall–Kier alpha value is -1.01. The highest BCUT2D eigenvalue weighted by atomic mass is 32.1. The zero-order valence-corrected chi connectivity index (χ0v) is 9.33. The summed E-state index contributed by atoms with van der Waals surface area (Å²) in [6.07, 6.45) is 0.882. The lowest BCUT2D eigenvalue weighted by atomic mass is 10.1. The van der Waals surface area contributed by atoms with E-state index in [0.717, 1.165) is 24.5 Å². The summed E-state index contributed by atoms with van der Waals surface area (Å²) in [5.74, 6) is 0.230. The van der Waals surface area contributed by atoms with Crippen molar-refractivity contribution in [3.8, 4) is 0 Å².